The second kappa shape index (κ2) is 6.48. The molecule has 2 aromatic heterocycles. The molecule has 0 saturated carbocycles. The van der Waals surface area contributed by atoms with E-state index in [9.17, 15) is 0 Å². The molecular formula is C17H26N4O. The van der Waals surface area contributed by atoms with Crippen molar-refractivity contribution in [3.8, 4) is 17.0 Å². The maximum Gasteiger partial charge on any atom is 0.137 e. The van der Waals surface area contributed by atoms with E-state index in [4.69, 9.17) is 10.5 Å². The van der Waals surface area contributed by atoms with Crippen LogP contribution in [0.4, 0.5) is 0 Å². The second-order valence-corrected chi connectivity index (χ2v) is 6.73. The van der Waals surface area contributed by atoms with Crippen molar-refractivity contribution in [3.63, 3.8) is 0 Å². The van der Waals surface area contributed by atoms with Gasteiger partial charge in [0.25, 0.3) is 0 Å². The molecule has 0 fully saturated rings. The van der Waals surface area contributed by atoms with Gasteiger partial charge in [0.2, 0.25) is 0 Å². The van der Waals surface area contributed by atoms with Crippen LogP contribution in [0.2, 0.25) is 0 Å². The lowest BCUT2D eigenvalue weighted by atomic mass is 9.93. The molecule has 0 bridgehead atoms. The lowest BCUT2D eigenvalue weighted by molar-refractivity contribution is 0.206. The summed E-state index contributed by atoms with van der Waals surface area (Å²) in [5, 5.41) is 7.17. The smallest absolute Gasteiger partial charge is 0.137 e. The first-order valence-electron chi connectivity index (χ1n) is 7.68. The van der Waals surface area contributed by atoms with E-state index < -0.39 is 0 Å². The number of ether oxygens (including phenoxy) is 1. The van der Waals surface area contributed by atoms with E-state index in [1.165, 1.54) is 0 Å². The average molecular weight is 302 g/mol. The first-order valence-corrected chi connectivity index (χ1v) is 7.68. The molecule has 2 aromatic rings. The van der Waals surface area contributed by atoms with E-state index in [1.54, 1.807) is 6.20 Å². The molecule has 0 aliphatic heterocycles. The van der Waals surface area contributed by atoms with Crippen molar-refractivity contribution in [1.82, 2.24) is 15.2 Å². The highest BCUT2D eigenvalue weighted by Gasteiger charge is 2.21. The summed E-state index contributed by atoms with van der Waals surface area (Å²) in [5.41, 5.74) is 9.84. The molecule has 2 rings (SSSR count). The summed E-state index contributed by atoms with van der Waals surface area (Å²) in [6, 6.07) is 3.89. The van der Waals surface area contributed by atoms with E-state index in [-0.39, 0.29) is 5.54 Å². The number of aromatic nitrogens is 3. The number of pyridine rings is 1. The highest BCUT2D eigenvalue weighted by Crippen LogP contribution is 2.25. The second-order valence-electron chi connectivity index (χ2n) is 6.73. The molecule has 0 spiro atoms. The summed E-state index contributed by atoms with van der Waals surface area (Å²) in [4.78, 5) is 4.48. The summed E-state index contributed by atoms with van der Waals surface area (Å²) < 4.78 is 5.79. The zero-order chi connectivity index (χ0) is 16.3. The lowest BCUT2D eigenvalue weighted by Crippen LogP contribution is -2.43. The molecule has 0 aliphatic carbocycles. The zero-order valence-corrected chi connectivity index (χ0v) is 14.1. The van der Waals surface area contributed by atoms with Gasteiger partial charge in [0.1, 0.15) is 12.4 Å². The third kappa shape index (κ3) is 4.07. The normalized spacial score (nSPS) is 14.1. The highest BCUT2D eigenvalue weighted by atomic mass is 16.5. The van der Waals surface area contributed by atoms with E-state index in [2.05, 4.69) is 29.0 Å². The van der Waals surface area contributed by atoms with Crippen molar-refractivity contribution in [2.75, 3.05) is 6.61 Å². The Morgan fingerprint density at radius 3 is 2.55 bits per heavy atom. The van der Waals surface area contributed by atoms with Crippen LogP contribution in [0.25, 0.3) is 11.3 Å². The Hall–Kier alpha value is -1.88. The van der Waals surface area contributed by atoms with E-state index in [1.807, 2.05) is 32.9 Å². The predicted octanol–water partition coefficient (Wildman–Crippen LogP) is 3.23. The predicted molar refractivity (Wildman–Crippen MR) is 88.8 cm³/mol. The minimum absolute atomic E-state index is 0.329. The molecule has 1 atom stereocenters. The summed E-state index contributed by atoms with van der Waals surface area (Å²) >= 11 is 0. The Labute approximate surface area is 132 Å². The molecule has 3 N–H and O–H groups in total. The van der Waals surface area contributed by atoms with Gasteiger partial charge in [-0.1, -0.05) is 13.8 Å². The zero-order valence-electron chi connectivity index (χ0n) is 14.1. The fourth-order valence-corrected chi connectivity index (χ4v) is 2.78. The van der Waals surface area contributed by atoms with Gasteiger partial charge in [-0.3, -0.25) is 10.1 Å². The Bertz CT molecular complexity index is 595. The minimum Gasteiger partial charge on any atom is -0.490 e. The molecule has 0 unspecified atom stereocenters. The van der Waals surface area contributed by atoms with Crippen LogP contribution in [0, 0.1) is 19.8 Å². The van der Waals surface area contributed by atoms with Gasteiger partial charge in [0, 0.05) is 16.8 Å². The summed E-state index contributed by atoms with van der Waals surface area (Å²) in [5.74, 6) is 1.29. The SMILES string of the molecule is Cc1n[nH]c(C)c1-c1ccc(OC[C@@](C)(N)CC(C)C)cn1. The maximum atomic E-state index is 6.25. The van der Waals surface area contributed by atoms with Crippen molar-refractivity contribution < 1.29 is 4.74 Å². The molecule has 5 nitrogen and oxygen atoms in total. The standard InChI is InChI=1S/C17H26N4O/c1-11(2)8-17(5,18)10-22-14-6-7-15(19-9-14)16-12(3)20-21-13(16)4/h6-7,9,11H,8,10,18H2,1-5H3,(H,20,21)/t17-/m0/s1. The number of hydrogen-bond acceptors (Lipinski definition) is 4. The van der Waals surface area contributed by atoms with Crippen molar-refractivity contribution in [3.05, 3.63) is 29.7 Å². The van der Waals surface area contributed by atoms with Crippen LogP contribution in [0.1, 0.15) is 38.6 Å². The van der Waals surface area contributed by atoms with Crippen LogP contribution < -0.4 is 10.5 Å². The molecule has 22 heavy (non-hydrogen) atoms. The molecular weight excluding hydrogens is 276 g/mol. The van der Waals surface area contributed by atoms with Gasteiger partial charge in [-0.2, -0.15) is 5.10 Å². The third-order valence-corrected chi connectivity index (χ3v) is 3.56. The van der Waals surface area contributed by atoms with Crippen LogP contribution >= 0.6 is 0 Å². The van der Waals surface area contributed by atoms with Crippen molar-refractivity contribution >= 4 is 0 Å². The summed E-state index contributed by atoms with van der Waals surface area (Å²) in [6.45, 7) is 10.8. The van der Waals surface area contributed by atoms with E-state index in [0.717, 1.165) is 34.8 Å². The fraction of sp³-hybridized carbons (Fsp3) is 0.529. The molecule has 0 amide bonds. The molecule has 0 aromatic carbocycles. The van der Waals surface area contributed by atoms with Crippen LogP contribution in [-0.2, 0) is 0 Å². The first-order chi connectivity index (χ1) is 10.3. The molecule has 0 aliphatic rings. The summed E-state index contributed by atoms with van der Waals surface area (Å²) in [6.07, 6.45) is 2.67. The summed E-state index contributed by atoms with van der Waals surface area (Å²) in [7, 11) is 0. The quantitative estimate of drug-likeness (QED) is 0.859. The number of rotatable bonds is 6. The number of nitrogens with two attached hydrogens (primary N) is 1. The molecule has 5 heteroatoms. The Morgan fingerprint density at radius 2 is 2.05 bits per heavy atom. The van der Waals surface area contributed by atoms with E-state index >= 15 is 0 Å². The molecule has 120 valence electrons. The van der Waals surface area contributed by atoms with E-state index in [0.29, 0.717) is 12.5 Å². The average Bonchev–Trinajstić information content (AvgIpc) is 2.75. The van der Waals surface area contributed by atoms with Crippen LogP contribution in [0.5, 0.6) is 5.75 Å². The van der Waals surface area contributed by atoms with Crippen molar-refractivity contribution in [2.24, 2.45) is 11.7 Å². The van der Waals surface area contributed by atoms with Gasteiger partial charge in [0.15, 0.2) is 0 Å². The van der Waals surface area contributed by atoms with Gasteiger partial charge >= 0.3 is 0 Å². The Kier molecular flexibility index (Phi) is 4.86. The molecule has 0 saturated heterocycles. The van der Waals surface area contributed by atoms with Crippen molar-refractivity contribution in [2.45, 2.75) is 46.6 Å². The van der Waals surface area contributed by atoms with Crippen LogP contribution in [-0.4, -0.2) is 27.3 Å². The molecule has 2 heterocycles. The minimum atomic E-state index is -0.329. The Morgan fingerprint density at radius 1 is 1.32 bits per heavy atom. The van der Waals surface area contributed by atoms with Crippen molar-refractivity contribution in [1.29, 1.82) is 0 Å². The largest absolute Gasteiger partial charge is 0.490 e. The monoisotopic (exact) mass is 302 g/mol. The van der Waals surface area contributed by atoms with Gasteiger partial charge < -0.3 is 10.5 Å². The highest BCUT2D eigenvalue weighted by molar-refractivity contribution is 5.64. The third-order valence-electron chi connectivity index (χ3n) is 3.56. The van der Waals surface area contributed by atoms with Gasteiger partial charge in [-0.15, -0.1) is 0 Å². The number of nitrogens with one attached hydrogen (secondary N) is 1. The van der Waals surface area contributed by atoms with Crippen LogP contribution in [0.15, 0.2) is 18.3 Å². The molecule has 0 radical (unpaired) electrons. The Balaban J connectivity index is 2.04. The van der Waals surface area contributed by atoms with Gasteiger partial charge in [-0.25, -0.2) is 0 Å². The number of H-pyrrole nitrogens is 1. The lowest BCUT2D eigenvalue weighted by Gasteiger charge is -2.26. The number of aromatic amines is 1. The van der Waals surface area contributed by atoms with Gasteiger partial charge in [0.05, 0.1) is 17.6 Å². The number of aryl methyl sites for hydroxylation is 2. The van der Waals surface area contributed by atoms with Crippen LogP contribution in [0.3, 0.4) is 0 Å². The van der Waals surface area contributed by atoms with Gasteiger partial charge in [-0.05, 0) is 45.2 Å². The fourth-order valence-electron chi connectivity index (χ4n) is 2.78. The maximum absolute atomic E-state index is 6.25. The first kappa shape index (κ1) is 16.5. The number of hydrogen-bond donors (Lipinski definition) is 2. The topological polar surface area (TPSA) is 76.8 Å². The number of nitrogens with zero attached hydrogens (tertiary/aromatic N) is 2.